The number of carbonyl (C=O) groups excluding carboxylic acids is 2. The average molecular weight is 448 g/mol. The molecule has 1 aliphatic heterocycles. The lowest BCUT2D eigenvalue weighted by Gasteiger charge is -2.35. The molecule has 1 saturated heterocycles. The third-order valence-electron chi connectivity index (χ3n) is 5.84. The lowest BCUT2D eigenvalue weighted by atomic mass is 9.90. The van der Waals surface area contributed by atoms with Crippen molar-refractivity contribution in [3.63, 3.8) is 0 Å². The highest BCUT2D eigenvalue weighted by atomic mass is 35.5. The molecule has 0 spiro atoms. The molecule has 156 valence electrons. The predicted molar refractivity (Wildman–Crippen MR) is 114 cm³/mol. The zero-order valence-electron chi connectivity index (χ0n) is 16.1. The summed E-state index contributed by atoms with van der Waals surface area (Å²) in [7, 11) is 0. The Morgan fingerprint density at radius 2 is 1.70 bits per heavy atom. The van der Waals surface area contributed by atoms with Gasteiger partial charge in [-0.25, -0.2) is 4.39 Å². The average Bonchev–Trinajstić information content (AvgIpc) is 3.01. The SMILES string of the molecule is O=C1C(=O)N(C2CCCCC2)C(c2ccccc2F)/C1=C(\O)c1ccc(Cl)c(Cl)c1. The second kappa shape index (κ2) is 8.40. The number of likely N-dealkylation sites (tertiary alicyclic amines) is 1. The van der Waals surface area contributed by atoms with E-state index in [-0.39, 0.29) is 27.8 Å². The second-order valence-corrected chi connectivity index (χ2v) is 8.46. The van der Waals surface area contributed by atoms with Crippen LogP contribution in [0.2, 0.25) is 10.0 Å². The summed E-state index contributed by atoms with van der Waals surface area (Å²) in [5, 5.41) is 11.5. The molecular formula is C23H20Cl2FNO3. The summed E-state index contributed by atoms with van der Waals surface area (Å²) < 4.78 is 14.8. The maximum Gasteiger partial charge on any atom is 0.295 e. The van der Waals surface area contributed by atoms with Gasteiger partial charge in [0.25, 0.3) is 11.7 Å². The molecule has 2 fully saturated rings. The summed E-state index contributed by atoms with van der Waals surface area (Å²) in [4.78, 5) is 27.5. The summed E-state index contributed by atoms with van der Waals surface area (Å²) in [6.07, 6.45) is 4.42. The highest BCUT2D eigenvalue weighted by Crippen LogP contribution is 2.44. The van der Waals surface area contributed by atoms with Gasteiger partial charge in [-0.3, -0.25) is 9.59 Å². The number of carbonyl (C=O) groups is 2. The Kier molecular flexibility index (Phi) is 5.85. The number of Topliss-reactive ketones (excluding diaryl/α,β-unsaturated/α-hetero) is 1. The number of nitrogens with zero attached hydrogens (tertiary/aromatic N) is 1. The van der Waals surface area contributed by atoms with Crippen LogP contribution in [0.3, 0.4) is 0 Å². The number of ketones is 1. The van der Waals surface area contributed by atoms with E-state index in [1.165, 1.54) is 29.2 Å². The first-order chi connectivity index (χ1) is 14.4. The number of amides is 1. The highest BCUT2D eigenvalue weighted by Gasteiger charge is 2.49. The molecule has 1 saturated carbocycles. The smallest absolute Gasteiger partial charge is 0.295 e. The molecule has 4 nitrogen and oxygen atoms in total. The number of aliphatic hydroxyl groups is 1. The Morgan fingerprint density at radius 3 is 2.37 bits per heavy atom. The van der Waals surface area contributed by atoms with Crippen LogP contribution in [0.25, 0.3) is 5.76 Å². The van der Waals surface area contributed by atoms with Gasteiger partial charge in [0, 0.05) is 17.2 Å². The van der Waals surface area contributed by atoms with E-state index in [0.717, 1.165) is 32.1 Å². The number of hydrogen-bond donors (Lipinski definition) is 1. The van der Waals surface area contributed by atoms with Crippen LogP contribution in [-0.2, 0) is 9.59 Å². The topological polar surface area (TPSA) is 57.6 Å². The van der Waals surface area contributed by atoms with Gasteiger partial charge in [0.15, 0.2) is 0 Å². The van der Waals surface area contributed by atoms with Gasteiger partial charge in [0.05, 0.1) is 21.7 Å². The van der Waals surface area contributed by atoms with Crippen molar-refractivity contribution in [1.82, 2.24) is 4.90 Å². The summed E-state index contributed by atoms with van der Waals surface area (Å²) in [6.45, 7) is 0. The van der Waals surface area contributed by atoms with Gasteiger partial charge >= 0.3 is 0 Å². The molecule has 1 atom stereocenters. The van der Waals surface area contributed by atoms with Crippen molar-refractivity contribution < 1.29 is 19.1 Å². The van der Waals surface area contributed by atoms with Gasteiger partial charge in [0.2, 0.25) is 0 Å². The molecule has 2 aromatic carbocycles. The molecule has 2 aliphatic rings. The summed E-state index contributed by atoms with van der Waals surface area (Å²) in [6, 6.07) is 9.28. The van der Waals surface area contributed by atoms with Crippen LogP contribution in [0, 0.1) is 5.82 Å². The van der Waals surface area contributed by atoms with E-state index in [2.05, 4.69) is 0 Å². The van der Waals surface area contributed by atoms with Gasteiger partial charge in [0.1, 0.15) is 11.6 Å². The summed E-state index contributed by atoms with van der Waals surface area (Å²) >= 11 is 12.0. The van der Waals surface area contributed by atoms with E-state index in [1.807, 2.05) is 0 Å². The summed E-state index contributed by atoms with van der Waals surface area (Å²) in [5.41, 5.74) is 0.297. The van der Waals surface area contributed by atoms with Gasteiger partial charge in [-0.1, -0.05) is 60.7 Å². The monoisotopic (exact) mass is 447 g/mol. The number of rotatable bonds is 3. The molecule has 7 heteroatoms. The molecule has 30 heavy (non-hydrogen) atoms. The molecule has 1 amide bonds. The van der Waals surface area contributed by atoms with Gasteiger partial charge in [-0.05, 0) is 37.1 Å². The third-order valence-corrected chi connectivity index (χ3v) is 6.58. The van der Waals surface area contributed by atoms with Crippen LogP contribution in [0.4, 0.5) is 4.39 Å². The summed E-state index contributed by atoms with van der Waals surface area (Å²) in [5.74, 6) is -2.46. The Balaban J connectivity index is 1.90. The van der Waals surface area contributed by atoms with Crippen molar-refractivity contribution >= 4 is 40.7 Å². The molecule has 0 radical (unpaired) electrons. The Morgan fingerprint density at radius 1 is 1.00 bits per heavy atom. The maximum absolute atomic E-state index is 14.8. The van der Waals surface area contributed by atoms with Crippen LogP contribution in [0.1, 0.15) is 49.3 Å². The minimum atomic E-state index is -0.997. The molecular weight excluding hydrogens is 428 g/mol. The van der Waals surface area contributed by atoms with Crippen molar-refractivity contribution in [1.29, 1.82) is 0 Å². The lowest BCUT2D eigenvalue weighted by molar-refractivity contribution is -0.141. The molecule has 0 bridgehead atoms. The molecule has 2 aromatic rings. The minimum absolute atomic E-state index is 0.130. The molecule has 1 N–H and O–H groups in total. The Bertz CT molecular complexity index is 1050. The van der Waals surface area contributed by atoms with Crippen LogP contribution < -0.4 is 0 Å². The third kappa shape index (κ3) is 3.61. The molecule has 1 unspecified atom stereocenters. The fourth-order valence-corrected chi connectivity index (χ4v) is 4.69. The Labute approximate surface area is 183 Å². The largest absolute Gasteiger partial charge is 0.507 e. The zero-order chi connectivity index (χ0) is 21.4. The zero-order valence-corrected chi connectivity index (χ0v) is 17.6. The van der Waals surface area contributed by atoms with Crippen molar-refractivity contribution in [2.75, 3.05) is 0 Å². The first-order valence-electron chi connectivity index (χ1n) is 9.90. The van der Waals surface area contributed by atoms with Crippen molar-refractivity contribution in [2.45, 2.75) is 44.2 Å². The van der Waals surface area contributed by atoms with E-state index in [9.17, 15) is 19.1 Å². The fourth-order valence-electron chi connectivity index (χ4n) is 4.39. The van der Waals surface area contributed by atoms with E-state index in [0.29, 0.717) is 5.02 Å². The predicted octanol–water partition coefficient (Wildman–Crippen LogP) is 5.89. The maximum atomic E-state index is 14.8. The Hall–Kier alpha value is -2.37. The lowest BCUT2D eigenvalue weighted by Crippen LogP contribution is -2.40. The van der Waals surface area contributed by atoms with E-state index in [1.54, 1.807) is 18.2 Å². The van der Waals surface area contributed by atoms with Gasteiger partial charge in [-0.15, -0.1) is 0 Å². The quantitative estimate of drug-likeness (QED) is 0.362. The molecule has 4 rings (SSSR count). The minimum Gasteiger partial charge on any atom is -0.507 e. The number of benzene rings is 2. The second-order valence-electron chi connectivity index (χ2n) is 7.65. The van der Waals surface area contributed by atoms with Gasteiger partial charge in [-0.2, -0.15) is 0 Å². The first kappa shape index (κ1) is 20.9. The highest BCUT2D eigenvalue weighted by molar-refractivity contribution is 6.47. The van der Waals surface area contributed by atoms with Gasteiger partial charge < -0.3 is 10.0 Å². The molecule has 1 heterocycles. The van der Waals surface area contributed by atoms with Crippen molar-refractivity contribution in [3.05, 3.63) is 75.0 Å². The van der Waals surface area contributed by atoms with Crippen LogP contribution >= 0.6 is 23.2 Å². The van der Waals surface area contributed by atoms with Crippen molar-refractivity contribution in [3.8, 4) is 0 Å². The number of halogens is 3. The van der Waals surface area contributed by atoms with Crippen LogP contribution in [0.15, 0.2) is 48.0 Å². The number of aliphatic hydroxyl groups excluding tert-OH is 1. The fraction of sp³-hybridized carbons (Fsp3) is 0.304. The van der Waals surface area contributed by atoms with Crippen molar-refractivity contribution in [2.24, 2.45) is 0 Å². The first-order valence-corrected chi connectivity index (χ1v) is 10.7. The molecule has 1 aliphatic carbocycles. The standard InChI is InChI=1S/C23H20Cl2FNO3/c24-16-11-10-13(12-17(16)25)21(28)19-20(15-8-4-5-9-18(15)26)27(23(30)22(19)29)14-6-2-1-3-7-14/h4-5,8-12,14,20,28H,1-3,6-7H2/b21-19+. The van der Waals surface area contributed by atoms with E-state index in [4.69, 9.17) is 23.2 Å². The van der Waals surface area contributed by atoms with Crippen LogP contribution in [0.5, 0.6) is 0 Å². The van der Waals surface area contributed by atoms with E-state index >= 15 is 0 Å². The van der Waals surface area contributed by atoms with E-state index < -0.39 is 29.3 Å². The molecule has 0 aromatic heterocycles. The number of hydrogen-bond acceptors (Lipinski definition) is 3. The van der Waals surface area contributed by atoms with Crippen LogP contribution in [-0.4, -0.2) is 27.7 Å². The normalized spacial score (nSPS) is 22.0.